The van der Waals surface area contributed by atoms with Crippen LogP contribution < -0.4 is 4.90 Å². The number of para-hydroxylation sites is 2. The van der Waals surface area contributed by atoms with Crippen LogP contribution in [0.3, 0.4) is 0 Å². The predicted octanol–water partition coefficient (Wildman–Crippen LogP) is 6.80. The van der Waals surface area contributed by atoms with E-state index in [1.807, 2.05) is 18.2 Å². The van der Waals surface area contributed by atoms with E-state index in [-0.39, 0.29) is 6.04 Å². The van der Waals surface area contributed by atoms with Gasteiger partial charge in [0.25, 0.3) is 0 Å². The molecule has 39 heavy (non-hydrogen) atoms. The van der Waals surface area contributed by atoms with Crippen molar-refractivity contribution in [1.29, 1.82) is 5.26 Å². The summed E-state index contributed by atoms with van der Waals surface area (Å²) in [5.74, 6) is 1.25. The van der Waals surface area contributed by atoms with E-state index in [0.29, 0.717) is 0 Å². The van der Waals surface area contributed by atoms with Crippen molar-refractivity contribution >= 4 is 34.1 Å². The number of aromatic nitrogens is 2. The van der Waals surface area contributed by atoms with Crippen LogP contribution in [0.4, 0.5) is 5.82 Å². The van der Waals surface area contributed by atoms with Gasteiger partial charge in [-0.2, -0.15) is 5.26 Å². The molecule has 0 saturated carbocycles. The fraction of sp³-hybridized carbons (Fsp3) is 0.273. The lowest BCUT2D eigenvalue weighted by molar-refractivity contribution is 0.211. The van der Waals surface area contributed by atoms with Crippen LogP contribution in [-0.2, 0) is 12.8 Å². The van der Waals surface area contributed by atoms with Gasteiger partial charge >= 0.3 is 0 Å². The first-order chi connectivity index (χ1) is 19.2. The first-order valence-electron chi connectivity index (χ1n) is 13.9. The lowest BCUT2D eigenvalue weighted by Crippen LogP contribution is -2.48. The smallest absolute Gasteiger partial charge is 0.157 e. The fourth-order valence-electron chi connectivity index (χ4n) is 6.64. The molecular formula is C33H30ClN5. The molecule has 0 radical (unpaired) electrons. The summed E-state index contributed by atoms with van der Waals surface area (Å²) in [5, 5.41) is 11.0. The van der Waals surface area contributed by atoms with Crippen molar-refractivity contribution in [2.75, 3.05) is 31.1 Å². The minimum Gasteiger partial charge on any atom is -0.355 e. The largest absolute Gasteiger partial charge is 0.355 e. The normalized spacial score (nSPS) is 16.8. The van der Waals surface area contributed by atoms with Gasteiger partial charge in [0.1, 0.15) is 11.9 Å². The second-order valence-corrected chi connectivity index (χ2v) is 11.1. The number of fused-ring (bicyclic) bond motifs is 4. The maximum atomic E-state index is 10.2. The number of piperazine rings is 1. The second-order valence-electron chi connectivity index (χ2n) is 10.6. The molecule has 0 spiro atoms. The lowest BCUT2D eigenvalue weighted by Gasteiger charge is -2.42. The minimum atomic E-state index is 0.176. The number of hydrogen-bond donors (Lipinski definition) is 0. The minimum absolute atomic E-state index is 0.176. The summed E-state index contributed by atoms with van der Waals surface area (Å²) < 4.78 is 2.28. The van der Waals surface area contributed by atoms with Gasteiger partial charge in [0.2, 0.25) is 0 Å². The summed E-state index contributed by atoms with van der Waals surface area (Å²) in [4.78, 5) is 10.1. The van der Waals surface area contributed by atoms with Gasteiger partial charge in [-0.05, 0) is 72.2 Å². The highest BCUT2D eigenvalue weighted by Gasteiger charge is 2.31. The zero-order valence-electron chi connectivity index (χ0n) is 21.9. The van der Waals surface area contributed by atoms with Gasteiger partial charge in [0, 0.05) is 31.2 Å². The molecule has 7 rings (SSSR count). The Kier molecular flexibility index (Phi) is 6.23. The SMILES string of the molecule is N#Cc1c2c(c(N3CCN(C(c4ccccc4)c4ccc(Cl)cc4)CC3)n3c1nc1ccccc13)CCCC2. The number of imidazole rings is 1. The average molecular weight is 532 g/mol. The molecule has 3 heterocycles. The molecule has 194 valence electrons. The molecule has 3 aromatic carbocycles. The number of hydrogen-bond acceptors (Lipinski definition) is 4. The summed E-state index contributed by atoms with van der Waals surface area (Å²) >= 11 is 6.25. The molecule has 2 aromatic heterocycles. The number of rotatable bonds is 4. The molecule has 1 fully saturated rings. The highest BCUT2D eigenvalue weighted by atomic mass is 35.5. The van der Waals surface area contributed by atoms with E-state index < -0.39 is 0 Å². The summed E-state index contributed by atoms with van der Waals surface area (Å²) in [6.07, 6.45) is 4.26. The summed E-state index contributed by atoms with van der Waals surface area (Å²) in [5.41, 5.74) is 8.72. The van der Waals surface area contributed by atoms with E-state index in [4.69, 9.17) is 16.6 Å². The Bertz CT molecular complexity index is 1690. The molecule has 1 aliphatic heterocycles. The van der Waals surface area contributed by atoms with Crippen LogP contribution in [0, 0.1) is 11.3 Å². The van der Waals surface area contributed by atoms with Crippen LogP contribution in [0.1, 0.15) is 46.7 Å². The Morgan fingerprint density at radius 1 is 0.769 bits per heavy atom. The van der Waals surface area contributed by atoms with Gasteiger partial charge in [-0.25, -0.2) is 4.98 Å². The number of anilines is 1. The van der Waals surface area contributed by atoms with Crippen LogP contribution in [0.2, 0.25) is 5.02 Å². The quantitative estimate of drug-likeness (QED) is 0.256. The van der Waals surface area contributed by atoms with Gasteiger partial charge in [0.05, 0.1) is 22.6 Å². The monoisotopic (exact) mass is 531 g/mol. The van der Waals surface area contributed by atoms with E-state index in [1.54, 1.807) is 0 Å². The fourth-order valence-corrected chi connectivity index (χ4v) is 6.77. The van der Waals surface area contributed by atoms with Crippen molar-refractivity contribution in [2.24, 2.45) is 0 Å². The highest BCUT2D eigenvalue weighted by Crippen LogP contribution is 2.38. The molecule has 0 amide bonds. The van der Waals surface area contributed by atoms with Crippen molar-refractivity contribution in [3.63, 3.8) is 0 Å². The summed E-state index contributed by atoms with van der Waals surface area (Å²) in [7, 11) is 0. The van der Waals surface area contributed by atoms with E-state index in [0.717, 1.165) is 79.1 Å². The maximum Gasteiger partial charge on any atom is 0.157 e. The van der Waals surface area contributed by atoms with E-state index in [9.17, 15) is 5.26 Å². The van der Waals surface area contributed by atoms with Gasteiger partial charge < -0.3 is 4.90 Å². The zero-order chi connectivity index (χ0) is 26.3. The Balaban J connectivity index is 1.30. The molecule has 5 aromatic rings. The predicted molar refractivity (Wildman–Crippen MR) is 158 cm³/mol. The number of nitrogens with zero attached hydrogens (tertiary/aromatic N) is 5. The molecule has 0 N–H and O–H groups in total. The number of halogens is 1. The van der Waals surface area contributed by atoms with E-state index in [2.05, 4.69) is 80.9 Å². The third kappa shape index (κ3) is 4.16. The molecule has 1 atom stereocenters. The number of benzene rings is 3. The van der Waals surface area contributed by atoms with Crippen LogP contribution in [0.25, 0.3) is 16.7 Å². The first-order valence-corrected chi connectivity index (χ1v) is 14.2. The van der Waals surface area contributed by atoms with Crippen molar-refractivity contribution in [3.05, 3.63) is 112 Å². The standard InChI is InChI=1S/C33H30ClN5/c34-25-16-14-24(15-17-25)31(23-8-2-1-3-9-23)37-18-20-38(21-19-37)33-27-11-5-4-10-26(27)28(22-35)32-36-29-12-6-7-13-30(29)39(32)33/h1-3,6-9,12-17,31H,4-5,10-11,18-21H2. The first kappa shape index (κ1) is 24.2. The average Bonchev–Trinajstić information content (AvgIpc) is 3.37. The van der Waals surface area contributed by atoms with Crippen molar-refractivity contribution < 1.29 is 0 Å². The summed E-state index contributed by atoms with van der Waals surface area (Å²) in [6, 6.07) is 30.1. The summed E-state index contributed by atoms with van der Waals surface area (Å²) in [6.45, 7) is 3.70. The Morgan fingerprint density at radius 3 is 2.18 bits per heavy atom. The van der Waals surface area contributed by atoms with Crippen LogP contribution in [-0.4, -0.2) is 40.5 Å². The lowest BCUT2D eigenvalue weighted by atomic mass is 9.88. The third-order valence-electron chi connectivity index (χ3n) is 8.43. The van der Waals surface area contributed by atoms with Gasteiger partial charge in [-0.3, -0.25) is 9.30 Å². The Hall–Kier alpha value is -3.85. The molecule has 5 nitrogen and oxygen atoms in total. The molecule has 1 unspecified atom stereocenters. The molecule has 1 aliphatic carbocycles. The van der Waals surface area contributed by atoms with Gasteiger partial charge in [0.15, 0.2) is 5.65 Å². The number of nitriles is 1. The van der Waals surface area contributed by atoms with Crippen LogP contribution in [0.5, 0.6) is 0 Å². The molecule has 0 bridgehead atoms. The highest BCUT2D eigenvalue weighted by molar-refractivity contribution is 6.30. The van der Waals surface area contributed by atoms with E-state index in [1.165, 1.54) is 28.1 Å². The van der Waals surface area contributed by atoms with Crippen LogP contribution >= 0.6 is 11.6 Å². The Morgan fingerprint density at radius 2 is 1.44 bits per heavy atom. The van der Waals surface area contributed by atoms with Gasteiger partial charge in [-0.15, -0.1) is 0 Å². The molecule has 6 heteroatoms. The maximum absolute atomic E-state index is 10.2. The van der Waals surface area contributed by atoms with Crippen molar-refractivity contribution in [3.8, 4) is 6.07 Å². The Labute approximate surface area is 233 Å². The third-order valence-corrected chi connectivity index (χ3v) is 8.68. The molecular weight excluding hydrogens is 502 g/mol. The van der Waals surface area contributed by atoms with E-state index >= 15 is 0 Å². The molecule has 1 saturated heterocycles. The van der Waals surface area contributed by atoms with Crippen molar-refractivity contribution in [1.82, 2.24) is 14.3 Å². The second kappa shape index (κ2) is 10.0. The molecule has 2 aliphatic rings. The van der Waals surface area contributed by atoms with Crippen molar-refractivity contribution in [2.45, 2.75) is 31.7 Å². The number of pyridine rings is 1. The topological polar surface area (TPSA) is 47.6 Å². The van der Waals surface area contributed by atoms with Gasteiger partial charge in [-0.1, -0.05) is 66.2 Å². The van der Waals surface area contributed by atoms with Crippen LogP contribution in [0.15, 0.2) is 78.9 Å². The zero-order valence-corrected chi connectivity index (χ0v) is 22.6.